The number of hydrogen-bond donors (Lipinski definition) is 1. The van der Waals surface area contributed by atoms with Gasteiger partial charge in [0.2, 0.25) is 0 Å². The fourth-order valence-electron chi connectivity index (χ4n) is 2.64. The molecule has 3 aromatic carbocycles. The Kier molecular flexibility index (Phi) is 6.14. The van der Waals surface area contributed by atoms with Gasteiger partial charge in [0, 0.05) is 16.9 Å². The van der Waals surface area contributed by atoms with Crippen molar-refractivity contribution in [2.45, 2.75) is 43.8 Å². The van der Waals surface area contributed by atoms with Crippen molar-refractivity contribution in [3.63, 3.8) is 0 Å². The second-order valence-electron chi connectivity index (χ2n) is 8.04. The Hall–Kier alpha value is -2.58. The van der Waals surface area contributed by atoms with Crippen LogP contribution in [0.25, 0.3) is 22.3 Å². The summed E-state index contributed by atoms with van der Waals surface area (Å²) in [5.74, 6) is 0. The van der Waals surface area contributed by atoms with E-state index in [1.54, 1.807) is 19.9 Å². The van der Waals surface area contributed by atoms with Crippen LogP contribution in [-0.2, 0) is 4.18 Å². The number of rotatable bonds is 6. The fourth-order valence-corrected chi connectivity index (χ4v) is 3.50. The number of nitriles is 1. The Morgan fingerprint density at radius 2 is 1.41 bits per heavy atom. The Balaban J connectivity index is 1.93. The molecule has 0 atom stereocenters. The van der Waals surface area contributed by atoms with E-state index in [9.17, 15) is 10.4 Å². The zero-order valence-corrected chi connectivity index (χ0v) is 18.0. The molecule has 0 aliphatic rings. The SMILES string of the molecule is CC(C)(O)C(C)(C)OSc1cc(C#N)cc(-c2cccc(-c3ccccc3)c2)c1. The lowest BCUT2D eigenvalue weighted by atomic mass is 9.90. The van der Waals surface area contributed by atoms with Crippen molar-refractivity contribution in [1.29, 1.82) is 5.26 Å². The number of benzene rings is 3. The zero-order valence-electron chi connectivity index (χ0n) is 17.1. The highest BCUT2D eigenvalue weighted by Gasteiger charge is 2.37. The minimum absolute atomic E-state index is 0.569. The topological polar surface area (TPSA) is 53.2 Å². The first-order valence-corrected chi connectivity index (χ1v) is 10.2. The fraction of sp³-hybridized carbons (Fsp3) is 0.240. The van der Waals surface area contributed by atoms with Crippen molar-refractivity contribution in [2.24, 2.45) is 0 Å². The van der Waals surface area contributed by atoms with Crippen molar-refractivity contribution >= 4 is 12.0 Å². The highest BCUT2D eigenvalue weighted by molar-refractivity contribution is 7.94. The van der Waals surface area contributed by atoms with E-state index in [0.717, 1.165) is 27.1 Å². The molecule has 3 rings (SSSR count). The Labute approximate surface area is 177 Å². The second-order valence-corrected chi connectivity index (χ2v) is 8.85. The molecule has 0 spiro atoms. The molecule has 0 unspecified atom stereocenters. The summed E-state index contributed by atoms with van der Waals surface area (Å²) in [6, 6.07) is 26.4. The molecule has 1 N–H and O–H groups in total. The monoisotopic (exact) mass is 403 g/mol. The molecule has 0 aromatic heterocycles. The van der Waals surface area contributed by atoms with E-state index in [1.165, 1.54) is 12.0 Å². The summed E-state index contributed by atoms with van der Waals surface area (Å²) < 4.78 is 5.92. The highest BCUT2D eigenvalue weighted by atomic mass is 32.2. The zero-order chi connectivity index (χ0) is 21.1. The molecule has 3 aromatic rings. The summed E-state index contributed by atoms with van der Waals surface area (Å²) in [5, 5.41) is 19.8. The van der Waals surface area contributed by atoms with Crippen LogP contribution >= 0.6 is 12.0 Å². The summed E-state index contributed by atoms with van der Waals surface area (Å²) in [7, 11) is 0. The molecule has 0 saturated carbocycles. The van der Waals surface area contributed by atoms with Gasteiger partial charge in [0.15, 0.2) is 0 Å². The minimum atomic E-state index is -1.00. The Morgan fingerprint density at radius 1 is 0.793 bits per heavy atom. The Bertz CT molecular complexity index is 1030. The van der Waals surface area contributed by atoms with Gasteiger partial charge in [-0.1, -0.05) is 48.5 Å². The van der Waals surface area contributed by atoms with Crippen molar-refractivity contribution in [1.82, 2.24) is 0 Å². The normalized spacial score (nSPS) is 11.9. The van der Waals surface area contributed by atoms with E-state index < -0.39 is 11.2 Å². The third kappa shape index (κ3) is 5.07. The second kappa shape index (κ2) is 8.42. The first-order chi connectivity index (χ1) is 13.7. The first kappa shape index (κ1) is 21.1. The van der Waals surface area contributed by atoms with E-state index in [2.05, 4.69) is 30.3 Å². The van der Waals surface area contributed by atoms with Crippen LogP contribution in [-0.4, -0.2) is 16.3 Å². The predicted molar refractivity (Wildman–Crippen MR) is 119 cm³/mol. The van der Waals surface area contributed by atoms with Gasteiger partial charge in [-0.05, 0) is 74.2 Å². The largest absolute Gasteiger partial charge is 0.387 e. The molecule has 148 valence electrons. The van der Waals surface area contributed by atoms with Gasteiger partial charge in [-0.2, -0.15) is 5.26 Å². The summed E-state index contributed by atoms with van der Waals surface area (Å²) in [6.07, 6.45) is 0. The van der Waals surface area contributed by atoms with Crippen molar-refractivity contribution < 1.29 is 9.29 Å². The lowest BCUT2D eigenvalue weighted by Crippen LogP contribution is -2.45. The molecule has 29 heavy (non-hydrogen) atoms. The van der Waals surface area contributed by atoms with Crippen LogP contribution in [0.15, 0.2) is 77.7 Å². The van der Waals surface area contributed by atoms with Crippen LogP contribution in [0.3, 0.4) is 0 Å². The van der Waals surface area contributed by atoms with Crippen LogP contribution in [0.4, 0.5) is 0 Å². The summed E-state index contributed by atoms with van der Waals surface area (Å²) in [5.41, 5.74) is 3.07. The lowest BCUT2D eigenvalue weighted by molar-refractivity contribution is -0.0813. The lowest BCUT2D eigenvalue weighted by Gasteiger charge is -2.35. The molecule has 0 bridgehead atoms. The van der Waals surface area contributed by atoms with Gasteiger partial charge in [-0.25, -0.2) is 0 Å². The third-order valence-electron chi connectivity index (χ3n) is 5.16. The van der Waals surface area contributed by atoms with E-state index in [0.29, 0.717) is 5.56 Å². The van der Waals surface area contributed by atoms with Crippen molar-refractivity contribution in [2.75, 3.05) is 0 Å². The molecular formula is C25H25NO2S. The van der Waals surface area contributed by atoms with Crippen LogP contribution in [0.2, 0.25) is 0 Å². The Morgan fingerprint density at radius 3 is 2.03 bits per heavy atom. The molecule has 0 aliphatic carbocycles. The third-order valence-corrected chi connectivity index (χ3v) is 6.09. The summed E-state index contributed by atoms with van der Waals surface area (Å²) in [4.78, 5) is 0.821. The predicted octanol–water partition coefficient (Wildman–Crippen LogP) is 6.47. The van der Waals surface area contributed by atoms with Crippen LogP contribution in [0.5, 0.6) is 0 Å². The van der Waals surface area contributed by atoms with Crippen molar-refractivity contribution in [3.05, 3.63) is 78.4 Å². The van der Waals surface area contributed by atoms with E-state index in [4.69, 9.17) is 4.18 Å². The standard InChI is InChI=1S/C25H25NO2S/c1-24(2,27)25(3,4)28-29-23-14-18(17-26)13-22(16-23)21-12-8-11-20(15-21)19-9-6-5-7-10-19/h5-16,27H,1-4H3. The smallest absolute Gasteiger partial charge is 0.106 e. The van der Waals surface area contributed by atoms with Crippen molar-refractivity contribution in [3.8, 4) is 28.3 Å². The summed E-state index contributed by atoms with van der Waals surface area (Å²) >= 11 is 1.18. The number of nitrogens with zero attached hydrogens (tertiary/aromatic N) is 1. The van der Waals surface area contributed by atoms with E-state index in [-0.39, 0.29) is 0 Å². The summed E-state index contributed by atoms with van der Waals surface area (Å²) in [6.45, 7) is 7.14. The minimum Gasteiger partial charge on any atom is -0.387 e. The molecule has 0 amide bonds. The number of hydrogen-bond acceptors (Lipinski definition) is 4. The molecule has 0 saturated heterocycles. The molecule has 0 radical (unpaired) electrons. The first-order valence-electron chi connectivity index (χ1n) is 9.49. The van der Waals surface area contributed by atoms with Crippen LogP contribution in [0, 0.1) is 11.3 Å². The molecule has 0 fully saturated rings. The van der Waals surface area contributed by atoms with Gasteiger partial charge < -0.3 is 9.29 Å². The van der Waals surface area contributed by atoms with Gasteiger partial charge >= 0.3 is 0 Å². The van der Waals surface area contributed by atoms with Gasteiger partial charge in [0.05, 0.1) is 17.2 Å². The van der Waals surface area contributed by atoms with Crippen LogP contribution < -0.4 is 0 Å². The molecule has 0 heterocycles. The molecule has 0 aliphatic heterocycles. The van der Waals surface area contributed by atoms with E-state index in [1.807, 2.05) is 56.3 Å². The van der Waals surface area contributed by atoms with Crippen LogP contribution in [0.1, 0.15) is 33.3 Å². The molecular weight excluding hydrogens is 378 g/mol. The quantitative estimate of drug-likeness (QED) is 0.480. The number of aliphatic hydroxyl groups is 1. The molecule has 4 heteroatoms. The van der Waals surface area contributed by atoms with Gasteiger partial charge in [0.1, 0.15) is 5.60 Å². The average Bonchev–Trinajstić information content (AvgIpc) is 2.72. The van der Waals surface area contributed by atoms with Gasteiger partial charge in [-0.3, -0.25) is 0 Å². The molecule has 3 nitrogen and oxygen atoms in total. The highest BCUT2D eigenvalue weighted by Crippen LogP contribution is 2.35. The maximum atomic E-state index is 10.3. The van der Waals surface area contributed by atoms with E-state index >= 15 is 0 Å². The van der Waals surface area contributed by atoms with Gasteiger partial charge in [0.25, 0.3) is 0 Å². The maximum Gasteiger partial charge on any atom is 0.106 e. The average molecular weight is 404 g/mol. The maximum absolute atomic E-state index is 10.3. The van der Waals surface area contributed by atoms with Gasteiger partial charge in [-0.15, -0.1) is 0 Å².